The molecule has 2 heteroatoms. The number of rotatable bonds is 48. The van der Waals surface area contributed by atoms with Gasteiger partial charge in [-0.1, -0.05) is 240 Å². The maximum Gasteiger partial charge on any atom is 0.0915 e. The van der Waals surface area contributed by atoms with Crippen molar-refractivity contribution in [2.45, 2.75) is 291 Å². The third kappa shape index (κ3) is 38.8. The molecule has 0 bridgehead atoms. The van der Waals surface area contributed by atoms with Crippen molar-refractivity contribution in [3.63, 3.8) is 0 Å². The van der Waals surface area contributed by atoms with Crippen molar-refractivity contribution in [2.75, 3.05) is 45.8 Å². The van der Waals surface area contributed by atoms with Gasteiger partial charge in [-0.15, -0.1) is 0 Å². The van der Waals surface area contributed by atoms with Gasteiger partial charge in [0, 0.05) is 6.54 Å². The van der Waals surface area contributed by atoms with Crippen molar-refractivity contribution in [2.24, 2.45) is 0 Å². The summed E-state index contributed by atoms with van der Waals surface area (Å²) in [6.45, 7) is 21.6. The van der Waals surface area contributed by atoms with Crippen LogP contribution in [0.15, 0.2) is 0 Å². The van der Waals surface area contributed by atoms with Gasteiger partial charge in [0.15, 0.2) is 0 Å². The SMILES string of the molecule is CCCCCCCCCCN(CCCCCCCCCC)CC[N+](CCCCCCCCCC)(CCCCCCCCCC)CCCCCCCCCC. The Balaban J connectivity index is 5.52. The highest BCUT2D eigenvalue weighted by Gasteiger charge is 2.27. The number of unbranched alkanes of at least 4 members (excludes halogenated alkanes) is 35. The van der Waals surface area contributed by atoms with E-state index in [1.54, 1.807) is 0 Å². The zero-order valence-corrected chi connectivity index (χ0v) is 39.1. The van der Waals surface area contributed by atoms with Crippen molar-refractivity contribution in [1.82, 2.24) is 4.90 Å². The van der Waals surface area contributed by atoms with Gasteiger partial charge in [0.05, 0.1) is 26.2 Å². The lowest BCUT2D eigenvalue weighted by Gasteiger charge is -2.41. The lowest BCUT2D eigenvalue weighted by atomic mass is 10.0. The maximum atomic E-state index is 2.98. The Morgan fingerprint density at radius 2 is 0.407 bits per heavy atom. The fraction of sp³-hybridized carbons (Fsp3) is 1.00. The third-order valence-corrected chi connectivity index (χ3v) is 13.0. The second-order valence-electron chi connectivity index (χ2n) is 18.5. The normalized spacial score (nSPS) is 12.1. The average molecular weight is 762 g/mol. The first-order chi connectivity index (χ1) is 26.7. The summed E-state index contributed by atoms with van der Waals surface area (Å²) < 4.78 is 1.45. The first-order valence-corrected chi connectivity index (χ1v) is 26.2. The third-order valence-electron chi connectivity index (χ3n) is 13.0. The first-order valence-electron chi connectivity index (χ1n) is 26.2. The van der Waals surface area contributed by atoms with Gasteiger partial charge >= 0.3 is 0 Å². The quantitative estimate of drug-likeness (QED) is 0.0441. The summed E-state index contributed by atoms with van der Waals surface area (Å²) in [5, 5.41) is 0. The molecule has 0 atom stereocenters. The molecule has 0 saturated carbocycles. The van der Waals surface area contributed by atoms with E-state index in [1.807, 2.05) is 0 Å². The highest BCUT2D eigenvalue weighted by atomic mass is 15.4. The summed E-state index contributed by atoms with van der Waals surface area (Å²) in [4.78, 5) is 2.98. The number of nitrogens with zero attached hydrogens (tertiary/aromatic N) is 2. The van der Waals surface area contributed by atoms with E-state index in [-0.39, 0.29) is 0 Å². The van der Waals surface area contributed by atoms with E-state index in [1.165, 1.54) is 307 Å². The van der Waals surface area contributed by atoms with Crippen molar-refractivity contribution in [1.29, 1.82) is 0 Å². The van der Waals surface area contributed by atoms with E-state index in [0.717, 1.165) is 0 Å². The van der Waals surface area contributed by atoms with Gasteiger partial charge in [-0.3, -0.25) is 4.90 Å². The number of quaternary nitrogens is 1. The van der Waals surface area contributed by atoms with Crippen LogP contribution >= 0.6 is 0 Å². The summed E-state index contributed by atoms with van der Waals surface area (Å²) in [5.41, 5.74) is 0. The molecule has 0 aliphatic rings. The van der Waals surface area contributed by atoms with Gasteiger partial charge in [-0.25, -0.2) is 0 Å². The van der Waals surface area contributed by atoms with Crippen LogP contribution in [0.1, 0.15) is 291 Å². The minimum Gasteiger partial charge on any atom is -0.323 e. The molecule has 0 spiro atoms. The molecule has 0 aromatic heterocycles. The van der Waals surface area contributed by atoms with Crippen LogP contribution in [-0.4, -0.2) is 55.2 Å². The molecule has 326 valence electrons. The van der Waals surface area contributed by atoms with Crippen LogP contribution in [-0.2, 0) is 0 Å². The van der Waals surface area contributed by atoms with Gasteiger partial charge in [0.2, 0.25) is 0 Å². The van der Waals surface area contributed by atoms with Crippen LogP contribution in [0.4, 0.5) is 0 Å². The second-order valence-corrected chi connectivity index (χ2v) is 18.5. The molecule has 0 N–H and O–H groups in total. The van der Waals surface area contributed by atoms with Crippen molar-refractivity contribution in [3.05, 3.63) is 0 Å². The van der Waals surface area contributed by atoms with Crippen molar-refractivity contribution in [3.8, 4) is 0 Å². The Kier molecular flexibility index (Phi) is 45.6. The molecule has 0 fully saturated rings. The zero-order chi connectivity index (χ0) is 39.3. The molecule has 0 aliphatic carbocycles. The van der Waals surface area contributed by atoms with Gasteiger partial charge in [-0.2, -0.15) is 0 Å². The predicted molar refractivity (Wildman–Crippen MR) is 249 cm³/mol. The zero-order valence-electron chi connectivity index (χ0n) is 39.1. The van der Waals surface area contributed by atoms with Gasteiger partial charge in [0.1, 0.15) is 0 Å². The number of hydrogen-bond donors (Lipinski definition) is 0. The Bertz CT molecular complexity index is 590. The molecule has 0 aliphatic heterocycles. The average Bonchev–Trinajstić information content (AvgIpc) is 3.18. The molecule has 0 radical (unpaired) electrons. The first kappa shape index (κ1) is 53.9. The molecule has 2 nitrogen and oxygen atoms in total. The molecule has 54 heavy (non-hydrogen) atoms. The lowest BCUT2D eigenvalue weighted by molar-refractivity contribution is -0.928. The van der Waals surface area contributed by atoms with E-state index >= 15 is 0 Å². The van der Waals surface area contributed by atoms with Crippen LogP contribution in [0, 0.1) is 0 Å². The Hall–Kier alpha value is -0.0800. The molecule has 0 aromatic carbocycles. The van der Waals surface area contributed by atoms with Crippen LogP contribution in [0.5, 0.6) is 0 Å². The van der Waals surface area contributed by atoms with E-state index < -0.39 is 0 Å². The van der Waals surface area contributed by atoms with E-state index in [2.05, 4.69) is 39.5 Å². The molecule has 0 amide bonds. The molecular weight excluding hydrogens is 653 g/mol. The summed E-state index contributed by atoms with van der Waals surface area (Å²) in [5.74, 6) is 0. The predicted octanol–water partition coefficient (Wildman–Crippen LogP) is 17.8. The van der Waals surface area contributed by atoms with E-state index in [9.17, 15) is 0 Å². The van der Waals surface area contributed by atoms with Crippen LogP contribution in [0.3, 0.4) is 0 Å². The largest absolute Gasteiger partial charge is 0.323 e. The Morgan fingerprint density at radius 1 is 0.204 bits per heavy atom. The molecule has 0 heterocycles. The Morgan fingerprint density at radius 3 is 0.648 bits per heavy atom. The highest BCUT2D eigenvalue weighted by Crippen LogP contribution is 2.21. The van der Waals surface area contributed by atoms with Crippen LogP contribution in [0.2, 0.25) is 0 Å². The lowest BCUT2D eigenvalue weighted by Crippen LogP contribution is -2.54. The summed E-state index contributed by atoms with van der Waals surface area (Å²) in [6.07, 6.45) is 57.9. The summed E-state index contributed by atoms with van der Waals surface area (Å²) in [7, 11) is 0. The van der Waals surface area contributed by atoms with Crippen LogP contribution in [0.25, 0.3) is 0 Å². The van der Waals surface area contributed by atoms with Gasteiger partial charge in [-0.05, 0) is 64.5 Å². The Labute approximate surface area is 345 Å². The van der Waals surface area contributed by atoms with E-state index in [4.69, 9.17) is 0 Å². The fourth-order valence-electron chi connectivity index (χ4n) is 9.04. The maximum absolute atomic E-state index is 2.98. The smallest absolute Gasteiger partial charge is 0.0915 e. The van der Waals surface area contributed by atoms with Crippen LogP contribution < -0.4 is 0 Å². The topological polar surface area (TPSA) is 3.24 Å². The van der Waals surface area contributed by atoms with Crippen molar-refractivity contribution < 1.29 is 4.48 Å². The molecule has 0 saturated heterocycles. The summed E-state index contributed by atoms with van der Waals surface area (Å²) in [6, 6.07) is 0. The van der Waals surface area contributed by atoms with Gasteiger partial charge in [0.25, 0.3) is 0 Å². The summed E-state index contributed by atoms with van der Waals surface area (Å²) >= 11 is 0. The highest BCUT2D eigenvalue weighted by molar-refractivity contribution is 4.63. The standard InChI is InChI=1S/C52H109N2/c1-6-11-16-21-26-31-36-41-46-53(47-42-37-32-27-22-17-12-7-2)48-52-54(49-43-38-33-28-23-18-13-8-3,50-44-39-34-29-24-19-14-9-4)51-45-40-35-30-25-20-15-10-5/h6-52H2,1-5H3/q+1. The van der Waals surface area contributed by atoms with Crippen molar-refractivity contribution >= 4 is 0 Å². The minimum absolute atomic E-state index is 1.36. The fourth-order valence-corrected chi connectivity index (χ4v) is 9.04. The van der Waals surface area contributed by atoms with Gasteiger partial charge < -0.3 is 4.48 Å². The minimum atomic E-state index is 1.36. The molecule has 0 rings (SSSR count). The molecule has 0 aromatic rings. The molecular formula is C52H109N2+. The van der Waals surface area contributed by atoms with E-state index in [0.29, 0.717) is 0 Å². The molecule has 0 unspecified atom stereocenters. The monoisotopic (exact) mass is 762 g/mol. The number of hydrogen-bond acceptors (Lipinski definition) is 1. The second kappa shape index (κ2) is 45.6.